The Morgan fingerprint density at radius 2 is 1.96 bits per heavy atom. The van der Waals surface area contributed by atoms with Crippen molar-refractivity contribution in [2.75, 3.05) is 0 Å². The monoisotopic (exact) mass is 370 g/mol. The molecule has 3 rings (SSSR count). The van der Waals surface area contributed by atoms with Crippen LogP contribution in [-0.4, -0.2) is 37.2 Å². The van der Waals surface area contributed by atoms with Gasteiger partial charge in [0.05, 0.1) is 10.6 Å². The third-order valence-electron chi connectivity index (χ3n) is 3.66. The van der Waals surface area contributed by atoms with Crippen molar-refractivity contribution < 1.29 is 14.7 Å². The number of carboxylic acids is 1. The van der Waals surface area contributed by atoms with E-state index in [9.17, 15) is 14.7 Å². The van der Waals surface area contributed by atoms with Gasteiger partial charge in [-0.3, -0.25) is 14.7 Å². The first-order chi connectivity index (χ1) is 12.1. The number of benzene rings is 1. The van der Waals surface area contributed by atoms with Crippen LogP contribution in [-0.2, 0) is 16.0 Å². The van der Waals surface area contributed by atoms with E-state index in [1.807, 2.05) is 36.4 Å². The number of carboxylic acid groups (broad SMARTS) is 1. The number of carbonyl (C=O) groups excluding carboxylic acids is 1. The van der Waals surface area contributed by atoms with E-state index in [0.29, 0.717) is 10.6 Å². The highest BCUT2D eigenvalue weighted by atomic mass is 32.2. The van der Waals surface area contributed by atoms with Crippen molar-refractivity contribution in [3.63, 3.8) is 0 Å². The fourth-order valence-corrected chi connectivity index (χ4v) is 3.81. The second-order valence-electron chi connectivity index (χ2n) is 5.35. The van der Waals surface area contributed by atoms with Crippen LogP contribution in [0.3, 0.4) is 0 Å². The van der Waals surface area contributed by atoms with Crippen molar-refractivity contribution in [3.8, 4) is 0 Å². The molecule has 7 heteroatoms. The zero-order chi connectivity index (χ0) is 17.8. The number of nitrogens with zero attached hydrogens (tertiary/aromatic N) is 2. The number of thiocarbonyl (C=S) groups is 1. The number of rotatable bonds is 5. The third-order valence-corrected chi connectivity index (χ3v) is 4.99. The molecule has 1 fully saturated rings. The molecule has 2 heterocycles. The van der Waals surface area contributed by atoms with E-state index in [4.69, 9.17) is 12.2 Å². The number of amides is 1. The van der Waals surface area contributed by atoms with Gasteiger partial charge < -0.3 is 5.11 Å². The van der Waals surface area contributed by atoms with Gasteiger partial charge in [-0.05, 0) is 23.8 Å². The summed E-state index contributed by atoms with van der Waals surface area (Å²) in [6.45, 7) is 0. The van der Waals surface area contributed by atoms with Gasteiger partial charge in [-0.15, -0.1) is 0 Å². The maximum absolute atomic E-state index is 12.7. The summed E-state index contributed by atoms with van der Waals surface area (Å²) in [6, 6.07) is 13.5. The summed E-state index contributed by atoms with van der Waals surface area (Å²) in [5.41, 5.74) is 1.45. The molecule has 5 nitrogen and oxygen atoms in total. The van der Waals surface area contributed by atoms with Gasteiger partial charge in [0.1, 0.15) is 10.4 Å². The minimum Gasteiger partial charge on any atom is -0.480 e. The second kappa shape index (κ2) is 7.58. The maximum atomic E-state index is 12.7. The number of thioether (sulfide) groups is 1. The summed E-state index contributed by atoms with van der Waals surface area (Å²) >= 11 is 6.36. The van der Waals surface area contributed by atoms with Gasteiger partial charge >= 0.3 is 5.97 Å². The Hall–Kier alpha value is -2.51. The Morgan fingerprint density at radius 3 is 2.60 bits per heavy atom. The summed E-state index contributed by atoms with van der Waals surface area (Å²) in [5, 5.41) is 9.61. The molecule has 1 amide bonds. The highest BCUT2D eigenvalue weighted by molar-refractivity contribution is 8.26. The normalized spacial score (nSPS) is 17.1. The predicted octanol–water partition coefficient (Wildman–Crippen LogP) is 2.98. The molecule has 2 aromatic rings. The second-order valence-corrected chi connectivity index (χ2v) is 7.03. The summed E-state index contributed by atoms with van der Waals surface area (Å²) < 4.78 is 0.246. The summed E-state index contributed by atoms with van der Waals surface area (Å²) in [7, 11) is 0. The van der Waals surface area contributed by atoms with Crippen molar-refractivity contribution in [2.45, 2.75) is 12.5 Å². The minimum absolute atomic E-state index is 0.194. The first kappa shape index (κ1) is 17.3. The molecule has 1 atom stereocenters. The highest BCUT2D eigenvalue weighted by Gasteiger charge is 2.40. The largest absolute Gasteiger partial charge is 0.480 e. The number of carbonyl (C=O) groups is 2. The van der Waals surface area contributed by atoms with Crippen molar-refractivity contribution in [1.82, 2.24) is 9.88 Å². The lowest BCUT2D eigenvalue weighted by molar-refractivity contribution is -0.145. The quantitative estimate of drug-likeness (QED) is 0.645. The predicted molar refractivity (Wildman–Crippen MR) is 101 cm³/mol. The molecule has 25 heavy (non-hydrogen) atoms. The standard InChI is InChI=1S/C18H14N2O3S2/c21-16-15(11-13-8-4-5-9-19-13)25-18(24)20(16)14(17(22)23)10-12-6-2-1-3-7-12/h1-9,11,14H,10H2,(H,22,23)/b15-11-. The van der Waals surface area contributed by atoms with Crippen LogP contribution in [0.5, 0.6) is 0 Å². The third kappa shape index (κ3) is 3.94. The van der Waals surface area contributed by atoms with E-state index in [0.717, 1.165) is 17.3 Å². The van der Waals surface area contributed by atoms with Gasteiger partial charge in [0.2, 0.25) is 0 Å². The molecule has 126 valence electrons. The van der Waals surface area contributed by atoms with Gasteiger partial charge in [0, 0.05) is 12.6 Å². The van der Waals surface area contributed by atoms with Gasteiger partial charge in [-0.1, -0.05) is 60.4 Å². The Labute approximate surface area is 154 Å². The zero-order valence-corrected chi connectivity index (χ0v) is 14.7. The summed E-state index contributed by atoms with van der Waals surface area (Å²) in [6.07, 6.45) is 3.45. The molecule has 0 bridgehead atoms. The maximum Gasteiger partial charge on any atom is 0.327 e. The van der Waals surface area contributed by atoms with Crippen LogP contribution in [0.15, 0.2) is 59.6 Å². The number of hydrogen-bond acceptors (Lipinski definition) is 5. The molecule has 1 aromatic heterocycles. The summed E-state index contributed by atoms with van der Waals surface area (Å²) in [4.78, 5) is 30.2. The molecule has 1 unspecified atom stereocenters. The van der Waals surface area contributed by atoms with Crippen LogP contribution in [0.4, 0.5) is 0 Å². The zero-order valence-electron chi connectivity index (χ0n) is 13.0. The number of aliphatic carboxylic acids is 1. The van der Waals surface area contributed by atoms with E-state index in [1.165, 1.54) is 4.90 Å². The Kier molecular flexibility index (Phi) is 5.25. The average molecular weight is 370 g/mol. The molecular formula is C18H14N2O3S2. The molecule has 1 saturated heterocycles. The van der Waals surface area contributed by atoms with Crippen molar-refractivity contribution in [1.29, 1.82) is 0 Å². The van der Waals surface area contributed by atoms with E-state index >= 15 is 0 Å². The van der Waals surface area contributed by atoms with E-state index < -0.39 is 17.9 Å². The van der Waals surface area contributed by atoms with Gasteiger partial charge in [0.25, 0.3) is 5.91 Å². The Morgan fingerprint density at radius 1 is 1.24 bits per heavy atom. The van der Waals surface area contributed by atoms with Crippen LogP contribution >= 0.6 is 24.0 Å². The molecule has 0 aliphatic carbocycles. The van der Waals surface area contributed by atoms with Gasteiger partial charge in [-0.2, -0.15) is 0 Å². The van der Waals surface area contributed by atoms with Gasteiger partial charge in [-0.25, -0.2) is 4.79 Å². The lowest BCUT2D eigenvalue weighted by Crippen LogP contribution is -2.45. The van der Waals surface area contributed by atoms with Crippen LogP contribution in [0.25, 0.3) is 6.08 Å². The smallest absolute Gasteiger partial charge is 0.327 e. The van der Waals surface area contributed by atoms with Crippen molar-refractivity contribution in [3.05, 3.63) is 70.9 Å². The van der Waals surface area contributed by atoms with Crippen molar-refractivity contribution in [2.24, 2.45) is 0 Å². The lowest BCUT2D eigenvalue weighted by atomic mass is 10.0. The van der Waals surface area contributed by atoms with E-state index in [2.05, 4.69) is 4.98 Å². The molecular weight excluding hydrogens is 356 g/mol. The van der Waals surface area contributed by atoms with Crippen LogP contribution in [0, 0.1) is 0 Å². The van der Waals surface area contributed by atoms with Crippen LogP contribution < -0.4 is 0 Å². The molecule has 1 N–H and O–H groups in total. The van der Waals surface area contributed by atoms with Crippen molar-refractivity contribution >= 4 is 46.3 Å². The molecule has 1 aliphatic heterocycles. The molecule has 1 aromatic carbocycles. The first-order valence-corrected chi connectivity index (χ1v) is 8.73. The first-order valence-electron chi connectivity index (χ1n) is 7.51. The molecule has 0 spiro atoms. The average Bonchev–Trinajstić information content (AvgIpc) is 2.88. The number of pyridine rings is 1. The number of hydrogen-bond donors (Lipinski definition) is 1. The molecule has 0 radical (unpaired) electrons. The van der Waals surface area contributed by atoms with E-state index in [-0.39, 0.29) is 10.7 Å². The number of aromatic nitrogens is 1. The van der Waals surface area contributed by atoms with E-state index in [1.54, 1.807) is 24.4 Å². The lowest BCUT2D eigenvalue weighted by Gasteiger charge is -2.23. The van der Waals surface area contributed by atoms with Crippen LogP contribution in [0.1, 0.15) is 11.3 Å². The fourth-order valence-electron chi connectivity index (χ4n) is 2.47. The topological polar surface area (TPSA) is 70.5 Å². The summed E-state index contributed by atoms with van der Waals surface area (Å²) in [5.74, 6) is -1.48. The highest BCUT2D eigenvalue weighted by Crippen LogP contribution is 2.34. The molecule has 1 aliphatic rings. The Balaban J connectivity index is 1.87. The Bertz CT molecular complexity index is 838. The SMILES string of the molecule is O=C(O)C(Cc1ccccc1)N1C(=O)/C(=C/c2ccccn2)SC1=S. The van der Waals surface area contributed by atoms with Crippen LogP contribution in [0.2, 0.25) is 0 Å². The minimum atomic E-state index is -1.08. The fraction of sp³-hybridized carbons (Fsp3) is 0.111. The van der Waals surface area contributed by atoms with Gasteiger partial charge in [0.15, 0.2) is 0 Å². The molecule has 0 saturated carbocycles.